The number of carbonyl (C=O) groups excluding carboxylic acids is 1. The van der Waals surface area contributed by atoms with Crippen LogP contribution in [0.1, 0.15) is 44.6 Å². The van der Waals surface area contributed by atoms with Crippen molar-refractivity contribution in [2.24, 2.45) is 23.5 Å². The fourth-order valence-electron chi connectivity index (χ4n) is 4.21. The Kier molecular flexibility index (Phi) is 7.08. The molecule has 4 nitrogen and oxygen atoms in total. The molecule has 2 saturated carbocycles. The largest absolute Gasteiger partial charge is 0.377 e. The zero-order valence-corrected chi connectivity index (χ0v) is 15.2. The van der Waals surface area contributed by atoms with Gasteiger partial charge < -0.3 is 15.8 Å². The number of benzene rings is 1. The predicted octanol–water partition coefficient (Wildman–Crippen LogP) is 3.74. The molecule has 0 spiro atoms. The minimum absolute atomic E-state index is 0. The third kappa shape index (κ3) is 4.50. The number of ether oxygens (including phenoxy) is 1. The number of rotatable bonds is 5. The first kappa shape index (κ1) is 19.2. The van der Waals surface area contributed by atoms with E-state index in [4.69, 9.17) is 10.5 Å². The van der Waals surface area contributed by atoms with Crippen LogP contribution in [0.5, 0.6) is 0 Å². The van der Waals surface area contributed by atoms with E-state index in [2.05, 4.69) is 5.32 Å². The average molecular weight is 353 g/mol. The summed E-state index contributed by atoms with van der Waals surface area (Å²) < 4.78 is 5.43. The van der Waals surface area contributed by atoms with E-state index in [0.29, 0.717) is 31.1 Å². The number of anilines is 1. The molecule has 1 amide bonds. The standard InChI is InChI=1S/C19H28N2O2.ClH/c1-2-23-12-13-5-3-8-17(9-13)21-19(22)16-10-14-6-4-7-15(11-16)18(14)20;/h3,5,8-9,14-16,18H,2,4,6-7,10-12,20H2,1H3,(H,21,22);1H. The Balaban J connectivity index is 0.00000208. The summed E-state index contributed by atoms with van der Waals surface area (Å²) in [6, 6.07) is 8.25. The van der Waals surface area contributed by atoms with Crippen molar-refractivity contribution in [2.45, 2.75) is 51.7 Å². The molecule has 2 bridgehead atoms. The maximum absolute atomic E-state index is 12.6. The number of fused-ring (bicyclic) bond motifs is 2. The first-order valence-corrected chi connectivity index (χ1v) is 8.90. The molecule has 2 unspecified atom stereocenters. The fraction of sp³-hybridized carbons (Fsp3) is 0.632. The maximum Gasteiger partial charge on any atom is 0.227 e. The molecule has 2 fully saturated rings. The third-order valence-electron chi connectivity index (χ3n) is 5.45. The Morgan fingerprint density at radius 2 is 2.00 bits per heavy atom. The van der Waals surface area contributed by atoms with Crippen LogP contribution < -0.4 is 11.1 Å². The van der Waals surface area contributed by atoms with Crippen molar-refractivity contribution < 1.29 is 9.53 Å². The van der Waals surface area contributed by atoms with Crippen LogP contribution in [0, 0.1) is 17.8 Å². The van der Waals surface area contributed by atoms with E-state index in [-0.39, 0.29) is 24.2 Å². The molecule has 0 aromatic heterocycles. The van der Waals surface area contributed by atoms with Gasteiger partial charge in [-0.25, -0.2) is 0 Å². The Morgan fingerprint density at radius 3 is 2.67 bits per heavy atom. The summed E-state index contributed by atoms with van der Waals surface area (Å²) in [6.07, 6.45) is 5.54. The molecule has 1 aromatic carbocycles. The second-order valence-corrected chi connectivity index (χ2v) is 7.02. The molecule has 2 atom stereocenters. The number of nitrogens with two attached hydrogens (primary N) is 1. The quantitative estimate of drug-likeness (QED) is 0.848. The van der Waals surface area contributed by atoms with Gasteiger partial charge in [0.1, 0.15) is 0 Å². The number of nitrogens with one attached hydrogen (secondary N) is 1. The highest BCUT2D eigenvalue weighted by atomic mass is 35.5. The van der Waals surface area contributed by atoms with Gasteiger partial charge in [0.2, 0.25) is 5.91 Å². The van der Waals surface area contributed by atoms with E-state index < -0.39 is 0 Å². The van der Waals surface area contributed by atoms with Gasteiger partial charge in [-0.05, 0) is 62.1 Å². The van der Waals surface area contributed by atoms with Gasteiger partial charge in [0.15, 0.2) is 0 Å². The minimum Gasteiger partial charge on any atom is -0.377 e. The van der Waals surface area contributed by atoms with E-state index in [1.165, 1.54) is 19.3 Å². The number of amides is 1. The predicted molar refractivity (Wildman–Crippen MR) is 99.2 cm³/mol. The second-order valence-electron chi connectivity index (χ2n) is 7.02. The van der Waals surface area contributed by atoms with Crippen molar-refractivity contribution in [3.63, 3.8) is 0 Å². The fourth-order valence-corrected chi connectivity index (χ4v) is 4.21. The molecule has 3 N–H and O–H groups in total. The van der Waals surface area contributed by atoms with Crippen molar-refractivity contribution in [3.05, 3.63) is 29.8 Å². The number of halogens is 1. The summed E-state index contributed by atoms with van der Waals surface area (Å²) in [4.78, 5) is 12.6. The van der Waals surface area contributed by atoms with E-state index in [1.54, 1.807) is 0 Å². The van der Waals surface area contributed by atoms with Gasteiger partial charge in [0.25, 0.3) is 0 Å². The summed E-state index contributed by atoms with van der Waals surface area (Å²) in [6.45, 7) is 3.26. The molecule has 2 aliphatic rings. The molecule has 0 aliphatic heterocycles. The van der Waals surface area contributed by atoms with E-state index in [0.717, 1.165) is 24.1 Å². The van der Waals surface area contributed by atoms with Gasteiger partial charge in [0.05, 0.1) is 6.61 Å². The SMILES string of the molecule is CCOCc1cccc(NC(=O)C2CC3CCCC(C2)C3N)c1.Cl. The van der Waals surface area contributed by atoms with Gasteiger partial charge in [-0.15, -0.1) is 12.4 Å². The summed E-state index contributed by atoms with van der Waals surface area (Å²) in [5.41, 5.74) is 8.28. The monoisotopic (exact) mass is 352 g/mol. The van der Waals surface area contributed by atoms with Gasteiger partial charge in [-0.3, -0.25) is 4.79 Å². The molecular formula is C19H29ClN2O2. The van der Waals surface area contributed by atoms with Crippen molar-refractivity contribution in [1.82, 2.24) is 0 Å². The van der Waals surface area contributed by atoms with Crippen LogP contribution in [0.3, 0.4) is 0 Å². The van der Waals surface area contributed by atoms with Crippen molar-refractivity contribution >= 4 is 24.0 Å². The first-order valence-electron chi connectivity index (χ1n) is 8.90. The summed E-state index contributed by atoms with van der Waals surface area (Å²) in [5, 5.41) is 3.10. The molecule has 5 heteroatoms. The highest BCUT2D eigenvalue weighted by Gasteiger charge is 2.40. The summed E-state index contributed by atoms with van der Waals surface area (Å²) in [7, 11) is 0. The van der Waals surface area contributed by atoms with Crippen LogP contribution in [0.2, 0.25) is 0 Å². The average Bonchev–Trinajstić information content (AvgIpc) is 2.53. The molecule has 1 aromatic rings. The van der Waals surface area contributed by atoms with Crippen LogP contribution >= 0.6 is 12.4 Å². The molecule has 2 aliphatic carbocycles. The van der Waals surface area contributed by atoms with Gasteiger partial charge in [-0.2, -0.15) is 0 Å². The van der Waals surface area contributed by atoms with Gasteiger partial charge in [-0.1, -0.05) is 18.6 Å². The molecule has 0 heterocycles. The summed E-state index contributed by atoms with van der Waals surface area (Å²) in [5.74, 6) is 1.33. The lowest BCUT2D eigenvalue weighted by Crippen LogP contribution is -2.48. The van der Waals surface area contributed by atoms with Crippen LogP contribution in [-0.4, -0.2) is 18.6 Å². The first-order chi connectivity index (χ1) is 11.2. The lowest BCUT2D eigenvalue weighted by molar-refractivity contribution is -0.122. The smallest absolute Gasteiger partial charge is 0.227 e. The highest BCUT2D eigenvalue weighted by Crippen LogP contribution is 2.42. The second kappa shape index (κ2) is 8.84. The van der Waals surface area contributed by atoms with Gasteiger partial charge in [0, 0.05) is 24.3 Å². The molecule has 24 heavy (non-hydrogen) atoms. The lowest BCUT2D eigenvalue weighted by atomic mass is 9.65. The van der Waals surface area contributed by atoms with Crippen LogP contribution in [0.15, 0.2) is 24.3 Å². The van der Waals surface area contributed by atoms with E-state index >= 15 is 0 Å². The molecule has 0 radical (unpaired) electrons. The Labute approximate surface area is 150 Å². The zero-order chi connectivity index (χ0) is 16.2. The Morgan fingerprint density at radius 1 is 1.29 bits per heavy atom. The summed E-state index contributed by atoms with van der Waals surface area (Å²) >= 11 is 0. The van der Waals surface area contributed by atoms with Crippen LogP contribution in [0.4, 0.5) is 5.69 Å². The topological polar surface area (TPSA) is 64.3 Å². The molecule has 3 rings (SSSR count). The van der Waals surface area contributed by atoms with Gasteiger partial charge >= 0.3 is 0 Å². The lowest BCUT2D eigenvalue weighted by Gasteiger charge is -2.43. The van der Waals surface area contributed by atoms with Crippen LogP contribution in [0.25, 0.3) is 0 Å². The zero-order valence-electron chi connectivity index (χ0n) is 14.4. The molecule has 0 saturated heterocycles. The third-order valence-corrected chi connectivity index (χ3v) is 5.45. The van der Waals surface area contributed by atoms with Crippen molar-refractivity contribution in [2.75, 3.05) is 11.9 Å². The van der Waals surface area contributed by atoms with Crippen molar-refractivity contribution in [3.8, 4) is 0 Å². The highest BCUT2D eigenvalue weighted by molar-refractivity contribution is 5.92. The number of carbonyl (C=O) groups is 1. The van der Waals surface area contributed by atoms with Crippen LogP contribution in [-0.2, 0) is 16.1 Å². The van der Waals surface area contributed by atoms with E-state index in [9.17, 15) is 4.79 Å². The maximum atomic E-state index is 12.6. The molecular weight excluding hydrogens is 324 g/mol. The Bertz CT molecular complexity index is 538. The number of hydrogen-bond donors (Lipinski definition) is 2. The molecule has 134 valence electrons. The number of hydrogen-bond acceptors (Lipinski definition) is 3. The Hall–Kier alpha value is -1.10. The minimum atomic E-state index is 0. The van der Waals surface area contributed by atoms with E-state index in [1.807, 2.05) is 31.2 Å². The van der Waals surface area contributed by atoms with Crippen molar-refractivity contribution in [1.29, 1.82) is 0 Å². The normalized spacial score (nSPS) is 28.8.